The molecule has 0 bridgehead atoms. The van der Waals surface area contributed by atoms with E-state index in [4.69, 9.17) is 5.73 Å². The number of aryl methyl sites for hydroxylation is 1. The van der Waals surface area contributed by atoms with E-state index in [1.165, 1.54) is 6.20 Å². The summed E-state index contributed by atoms with van der Waals surface area (Å²) in [5, 5.41) is 20.0. The van der Waals surface area contributed by atoms with Crippen molar-refractivity contribution in [1.82, 2.24) is 4.98 Å². The van der Waals surface area contributed by atoms with Crippen LogP contribution in [0.1, 0.15) is 23.8 Å². The Bertz CT molecular complexity index is 333. The van der Waals surface area contributed by atoms with Gasteiger partial charge in [0.15, 0.2) is 0 Å². The van der Waals surface area contributed by atoms with Crippen molar-refractivity contribution in [3.63, 3.8) is 0 Å². The van der Waals surface area contributed by atoms with Gasteiger partial charge in [0.25, 0.3) is 0 Å². The molecular weight excluding hydrogens is 260 g/mol. The molecule has 0 fully saturated rings. The molecule has 2 atom stereocenters. The smallest absolute Gasteiger partial charge is 0.106 e. The quantitative estimate of drug-likeness (QED) is 0.720. The number of alkyl halides is 1. The summed E-state index contributed by atoms with van der Waals surface area (Å²) in [5.74, 6) is 0. The van der Waals surface area contributed by atoms with Gasteiger partial charge in [-0.15, -0.1) is 0 Å². The number of nitrogens with two attached hydrogens (primary N) is 1. The largest absolute Gasteiger partial charge is 0.397 e. The Kier molecular flexibility index (Phi) is 4.50. The van der Waals surface area contributed by atoms with E-state index in [0.29, 0.717) is 23.0 Å². The lowest BCUT2D eigenvalue weighted by Gasteiger charge is -2.17. The summed E-state index contributed by atoms with van der Waals surface area (Å²) in [6.07, 6.45) is 0.286. The molecule has 2 unspecified atom stereocenters. The molecule has 0 saturated carbocycles. The molecule has 0 saturated heterocycles. The van der Waals surface area contributed by atoms with Crippen molar-refractivity contribution < 1.29 is 10.2 Å². The maximum atomic E-state index is 9.77. The van der Waals surface area contributed by atoms with E-state index in [1.807, 2.05) is 0 Å². The van der Waals surface area contributed by atoms with Crippen molar-refractivity contribution in [2.75, 3.05) is 11.1 Å². The first-order valence-electron chi connectivity index (χ1n) is 4.70. The summed E-state index contributed by atoms with van der Waals surface area (Å²) in [5.41, 5.74) is 7.46. The number of hydrogen-bond donors (Lipinski definition) is 3. The number of nitrogen functional groups attached to an aromatic ring is 1. The summed E-state index contributed by atoms with van der Waals surface area (Å²) in [4.78, 5) is 4.03. The standard InChI is InChI=1S/C10H15BrN2O2/c1-6-8(12)4-7(5-13-6)10(15)9(14)2-3-11/h4-5,9-10,14-15H,2-3,12H2,1H3. The van der Waals surface area contributed by atoms with Crippen LogP contribution in [-0.4, -0.2) is 26.6 Å². The van der Waals surface area contributed by atoms with Gasteiger partial charge in [0, 0.05) is 17.1 Å². The van der Waals surface area contributed by atoms with Gasteiger partial charge in [-0.05, 0) is 19.4 Å². The second kappa shape index (κ2) is 5.44. The van der Waals surface area contributed by atoms with E-state index in [1.54, 1.807) is 13.0 Å². The lowest BCUT2D eigenvalue weighted by Crippen LogP contribution is -2.19. The number of rotatable bonds is 4. The maximum absolute atomic E-state index is 9.77. The predicted octanol–water partition coefficient (Wildman–Crippen LogP) is 1.15. The zero-order valence-electron chi connectivity index (χ0n) is 8.52. The van der Waals surface area contributed by atoms with Gasteiger partial charge < -0.3 is 15.9 Å². The van der Waals surface area contributed by atoms with Gasteiger partial charge in [-0.1, -0.05) is 15.9 Å². The molecule has 5 heteroatoms. The number of aromatic nitrogens is 1. The van der Waals surface area contributed by atoms with E-state index in [9.17, 15) is 10.2 Å². The lowest BCUT2D eigenvalue weighted by atomic mass is 10.0. The molecule has 4 N–H and O–H groups in total. The number of aliphatic hydroxyl groups is 2. The summed E-state index contributed by atoms with van der Waals surface area (Å²) in [6, 6.07) is 1.64. The number of pyridine rings is 1. The van der Waals surface area contributed by atoms with Crippen LogP contribution in [0, 0.1) is 6.92 Å². The number of halogens is 1. The van der Waals surface area contributed by atoms with Gasteiger partial charge >= 0.3 is 0 Å². The summed E-state index contributed by atoms with van der Waals surface area (Å²) >= 11 is 3.21. The van der Waals surface area contributed by atoms with E-state index < -0.39 is 12.2 Å². The van der Waals surface area contributed by atoms with Crippen molar-refractivity contribution in [1.29, 1.82) is 0 Å². The molecule has 0 aliphatic carbocycles. The second-order valence-electron chi connectivity index (χ2n) is 3.43. The third-order valence-corrected chi connectivity index (χ3v) is 2.72. The second-order valence-corrected chi connectivity index (χ2v) is 4.23. The molecule has 0 radical (unpaired) electrons. The predicted molar refractivity (Wildman–Crippen MR) is 62.8 cm³/mol. The number of anilines is 1. The minimum atomic E-state index is -0.932. The molecule has 1 heterocycles. The van der Waals surface area contributed by atoms with Crippen LogP contribution in [0.25, 0.3) is 0 Å². The highest BCUT2D eigenvalue weighted by atomic mass is 79.9. The minimum absolute atomic E-state index is 0.481. The minimum Gasteiger partial charge on any atom is -0.397 e. The zero-order chi connectivity index (χ0) is 11.4. The highest BCUT2D eigenvalue weighted by Crippen LogP contribution is 2.21. The molecule has 0 aliphatic rings. The van der Waals surface area contributed by atoms with E-state index in [0.717, 1.165) is 5.69 Å². The van der Waals surface area contributed by atoms with Crippen LogP contribution in [-0.2, 0) is 0 Å². The Morgan fingerprint density at radius 1 is 1.53 bits per heavy atom. The van der Waals surface area contributed by atoms with E-state index in [2.05, 4.69) is 20.9 Å². The fraction of sp³-hybridized carbons (Fsp3) is 0.500. The van der Waals surface area contributed by atoms with Crippen LogP contribution in [0.2, 0.25) is 0 Å². The van der Waals surface area contributed by atoms with Crippen LogP contribution < -0.4 is 5.73 Å². The Morgan fingerprint density at radius 3 is 2.73 bits per heavy atom. The molecular formula is C10H15BrN2O2. The van der Waals surface area contributed by atoms with Crippen LogP contribution >= 0.6 is 15.9 Å². The Hall–Kier alpha value is -0.650. The van der Waals surface area contributed by atoms with Gasteiger partial charge in [0.1, 0.15) is 6.10 Å². The topological polar surface area (TPSA) is 79.4 Å². The van der Waals surface area contributed by atoms with Crippen LogP contribution in [0.4, 0.5) is 5.69 Å². The fourth-order valence-electron chi connectivity index (χ4n) is 1.22. The molecule has 1 aromatic rings. The Morgan fingerprint density at radius 2 is 2.20 bits per heavy atom. The Labute approximate surface area is 97.3 Å². The molecule has 0 aromatic carbocycles. The number of nitrogens with zero attached hydrogens (tertiary/aromatic N) is 1. The first-order valence-corrected chi connectivity index (χ1v) is 5.82. The van der Waals surface area contributed by atoms with Gasteiger partial charge in [0.2, 0.25) is 0 Å². The molecule has 4 nitrogen and oxygen atoms in total. The molecule has 0 amide bonds. The van der Waals surface area contributed by atoms with Crippen molar-refractivity contribution >= 4 is 21.6 Å². The van der Waals surface area contributed by atoms with E-state index >= 15 is 0 Å². The SMILES string of the molecule is Cc1ncc(C(O)C(O)CCBr)cc1N. The summed E-state index contributed by atoms with van der Waals surface area (Å²) < 4.78 is 0. The number of aliphatic hydroxyl groups excluding tert-OH is 2. The third-order valence-electron chi connectivity index (χ3n) is 2.26. The molecule has 1 rings (SSSR count). The van der Waals surface area contributed by atoms with E-state index in [-0.39, 0.29) is 0 Å². The molecule has 15 heavy (non-hydrogen) atoms. The van der Waals surface area contributed by atoms with Crippen molar-refractivity contribution in [3.05, 3.63) is 23.5 Å². The number of hydrogen-bond acceptors (Lipinski definition) is 4. The summed E-state index contributed by atoms with van der Waals surface area (Å²) in [7, 11) is 0. The molecule has 84 valence electrons. The fourth-order valence-corrected chi connectivity index (χ4v) is 1.69. The lowest BCUT2D eigenvalue weighted by molar-refractivity contribution is 0.0172. The van der Waals surface area contributed by atoms with Crippen molar-refractivity contribution in [2.45, 2.75) is 25.6 Å². The highest BCUT2D eigenvalue weighted by molar-refractivity contribution is 9.09. The molecule has 0 spiro atoms. The van der Waals surface area contributed by atoms with Gasteiger partial charge in [-0.3, -0.25) is 4.98 Å². The molecule has 0 aliphatic heterocycles. The van der Waals surface area contributed by atoms with Gasteiger partial charge in [-0.25, -0.2) is 0 Å². The third kappa shape index (κ3) is 3.15. The molecule has 1 aromatic heterocycles. The van der Waals surface area contributed by atoms with Crippen molar-refractivity contribution in [2.24, 2.45) is 0 Å². The zero-order valence-corrected chi connectivity index (χ0v) is 10.1. The maximum Gasteiger partial charge on any atom is 0.106 e. The average molecular weight is 275 g/mol. The average Bonchev–Trinajstić information content (AvgIpc) is 2.21. The summed E-state index contributed by atoms with van der Waals surface area (Å²) in [6.45, 7) is 1.79. The Balaban J connectivity index is 2.81. The normalized spacial score (nSPS) is 14.9. The first-order chi connectivity index (χ1) is 7.06. The van der Waals surface area contributed by atoms with Crippen LogP contribution in [0.15, 0.2) is 12.3 Å². The van der Waals surface area contributed by atoms with Crippen molar-refractivity contribution in [3.8, 4) is 0 Å². The highest BCUT2D eigenvalue weighted by Gasteiger charge is 2.18. The monoisotopic (exact) mass is 274 g/mol. The van der Waals surface area contributed by atoms with Gasteiger partial charge in [-0.2, -0.15) is 0 Å². The van der Waals surface area contributed by atoms with Crippen LogP contribution in [0.3, 0.4) is 0 Å². The van der Waals surface area contributed by atoms with Crippen LogP contribution in [0.5, 0.6) is 0 Å². The van der Waals surface area contributed by atoms with Gasteiger partial charge in [0.05, 0.1) is 17.5 Å². The first kappa shape index (κ1) is 12.4.